The Bertz CT molecular complexity index is 494. The third kappa shape index (κ3) is 2.35. The van der Waals surface area contributed by atoms with Gasteiger partial charge in [0.25, 0.3) is 0 Å². The zero-order valence-electron chi connectivity index (χ0n) is 12.5. The first-order valence-electron chi connectivity index (χ1n) is 7.50. The molecule has 1 aromatic rings. The van der Waals surface area contributed by atoms with E-state index in [1.54, 1.807) is 6.92 Å². The fourth-order valence-corrected chi connectivity index (χ4v) is 4.02. The lowest BCUT2D eigenvalue weighted by atomic mass is 9.91. The second-order valence-corrected chi connectivity index (χ2v) is 6.45. The first kappa shape index (κ1) is 13.6. The van der Waals surface area contributed by atoms with E-state index in [1.165, 1.54) is 19.3 Å². The smallest absolute Gasteiger partial charge is 0.159 e. The zero-order chi connectivity index (χ0) is 14.3. The monoisotopic (exact) mass is 273 g/mol. The van der Waals surface area contributed by atoms with Crippen LogP contribution in [0.3, 0.4) is 0 Å². The van der Waals surface area contributed by atoms with Crippen molar-refractivity contribution in [2.24, 2.45) is 11.8 Å². The van der Waals surface area contributed by atoms with Gasteiger partial charge in [-0.1, -0.05) is 0 Å². The van der Waals surface area contributed by atoms with E-state index in [4.69, 9.17) is 4.74 Å². The molecule has 0 aliphatic heterocycles. The number of hydrogen-bond donors (Lipinski definition) is 0. The Balaban J connectivity index is 1.75. The molecule has 0 spiro atoms. The highest BCUT2D eigenvalue weighted by Gasteiger charge is 2.49. The highest BCUT2D eigenvalue weighted by molar-refractivity contribution is 5.94. The fraction of sp³-hybridized carbons (Fsp3) is 0.588. The van der Waals surface area contributed by atoms with E-state index in [9.17, 15) is 4.79 Å². The maximum Gasteiger partial charge on any atom is 0.159 e. The van der Waals surface area contributed by atoms with Gasteiger partial charge >= 0.3 is 0 Å². The molecule has 108 valence electrons. The molecule has 0 amide bonds. The zero-order valence-corrected chi connectivity index (χ0v) is 12.5. The molecule has 2 fully saturated rings. The van der Waals surface area contributed by atoms with Gasteiger partial charge in [0.15, 0.2) is 5.78 Å². The number of nitrogens with zero attached hydrogens (tertiary/aromatic N) is 1. The number of fused-ring (bicyclic) bond motifs is 2. The van der Waals surface area contributed by atoms with Crippen LogP contribution in [0.25, 0.3) is 0 Å². The predicted octanol–water partition coefficient (Wildman–Crippen LogP) is 3.00. The lowest BCUT2D eigenvalue weighted by Gasteiger charge is -2.35. The highest BCUT2D eigenvalue weighted by atomic mass is 16.5. The van der Waals surface area contributed by atoms with Gasteiger partial charge in [0, 0.05) is 11.6 Å². The van der Waals surface area contributed by atoms with Crippen LogP contribution in [-0.2, 0) is 0 Å². The number of carbonyl (C=O) groups is 1. The molecule has 0 aromatic heterocycles. The predicted molar refractivity (Wildman–Crippen MR) is 79.2 cm³/mol. The lowest BCUT2D eigenvalue weighted by Crippen LogP contribution is -2.46. The summed E-state index contributed by atoms with van der Waals surface area (Å²) in [5.41, 5.74) is 0.745. The Morgan fingerprint density at radius 3 is 2.40 bits per heavy atom. The Morgan fingerprint density at radius 2 is 1.80 bits per heavy atom. The van der Waals surface area contributed by atoms with Gasteiger partial charge in [-0.15, -0.1) is 0 Å². The van der Waals surface area contributed by atoms with E-state index in [2.05, 4.69) is 19.0 Å². The van der Waals surface area contributed by atoms with Gasteiger partial charge in [-0.3, -0.25) is 4.79 Å². The summed E-state index contributed by atoms with van der Waals surface area (Å²) in [7, 11) is 4.31. The summed E-state index contributed by atoms with van der Waals surface area (Å²) in [6.07, 6.45) is 4.24. The summed E-state index contributed by atoms with van der Waals surface area (Å²) in [4.78, 5) is 13.6. The van der Waals surface area contributed by atoms with Crippen molar-refractivity contribution in [1.82, 2.24) is 4.90 Å². The van der Waals surface area contributed by atoms with Gasteiger partial charge < -0.3 is 9.64 Å². The van der Waals surface area contributed by atoms with Gasteiger partial charge in [0.2, 0.25) is 0 Å². The molecular formula is C17H23NO2. The third-order valence-electron chi connectivity index (χ3n) is 4.93. The molecule has 2 aliphatic carbocycles. The maximum absolute atomic E-state index is 11.3. The molecule has 3 heteroatoms. The van der Waals surface area contributed by atoms with E-state index in [1.807, 2.05) is 24.3 Å². The van der Waals surface area contributed by atoms with Crippen molar-refractivity contribution >= 4 is 5.78 Å². The molecule has 20 heavy (non-hydrogen) atoms. The molecule has 2 saturated carbocycles. The largest absolute Gasteiger partial charge is 0.489 e. The number of carbonyl (C=O) groups excluding carboxylic acids is 1. The lowest BCUT2D eigenvalue weighted by molar-refractivity contribution is 0.0537. The van der Waals surface area contributed by atoms with E-state index in [-0.39, 0.29) is 5.78 Å². The SMILES string of the molecule is CC(=O)c1ccc(OC2C3CCC(C3)C2N(C)C)cc1. The summed E-state index contributed by atoms with van der Waals surface area (Å²) in [5.74, 6) is 2.47. The quantitative estimate of drug-likeness (QED) is 0.790. The third-order valence-corrected chi connectivity index (χ3v) is 4.93. The minimum atomic E-state index is 0.0997. The number of Topliss-reactive ketones (excluding diaryl/α,β-unsaturated/α-hetero) is 1. The van der Waals surface area contributed by atoms with Crippen LogP contribution in [0.1, 0.15) is 36.5 Å². The molecule has 4 atom stereocenters. The summed E-state index contributed by atoms with van der Waals surface area (Å²) in [5, 5.41) is 0. The minimum absolute atomic E-state index is 0.0997. The van der Waals surface area contributed by atoms with Crippen molar-refractivity contribution in [2.75, 3.05) is 14.1 Å². The van der Waals surface area contributed by atoms with Crippen LogP contribution in [0.15, 0.2) is 24.3 Å². The average molecular weight is 273 g/mol. The first-order chi connectivity index (χ1) is 9.56. The molecule has 3 nitrogen and oxygen atoms in total. The van der Waals surface area contributed by atoms with Gasteiger partial charge in [-0.2, -0.15) is 0 Å². The van der Waals surface area contributed by atoms with Crippen LogP contribution in [0.4, 0.5) is 0 Å². The average Bonchev–Trinajstić information content (AvgIpc) is 3.00. The Hall–Kier alpha value is -1.35. The van der Waals surface area contributed by atoms with Crippen LogP contribution in [-0.4, -0.2) is 36.9 Å². The van der Waals surface area contributed by atoms with Crippen LogP contribution >= 0.6 is 0 Å². The fourth-order valence-electron chi connectivity index (χ4n) is 4.02. The molecule has 0 radical (unpaired) electrons. The number of benzene rings is 1. The Kier molecular flexibility index (Phi) is 3.55. The molecule has 2 aliphatic rings. The van der Waals surface area contributed by atoms with Gasteiger partial charge in [-0.05, 0) is 76.4 Å². The van der Waals surface area contributed by atoms with E-state index in [0.29, 0.717) is 18.1 Å². The molecule has 3 rings (SSSR count). The first-order valence-corrected chi connectivity index (χ1v) is 7.50. The van der Waals surface area contributed by atoms with Crippen LogP contribution in [0, 0.1) is 11.8 Å². The Labute approximate surface area is 120 Å². The molecule has 0 heterocycles. The van der Waals surface area contributed by atoms with Crippen LogP contribution in [0.5, 0.6) is 5.75 Å². The molecule has 1 aromatic carbocycles. The van der Waals surface area contributed by atoms with E-state index < -0.39 is 0 Å². The summed E-state index contributed by atoms with van der Waals surface area (Å²) in [6, 6.07) is 8.09. The Morgan fingerprint density at radius 1 is 1.15 bits per heavy atom. The topological polar surface area (TPSA) is 29.5 Å². The minimum Gasteiger partial charge on any atom is -0.489 e. The van der Waals surface area contributed by atoms with Crippen molar-refractivity contribution < 1.29 is 9.53 Å². The molecular weight excluding hydrogens is 250 g/mol. The number of ether oxygens (including phenoxy) is 1. The number of ketones is 1. The van der Waals surface area contributed by atoms with Crippen LogP contribution < -0.4 is 4.74 Å². The van der Waals surface area contributed by atoms with Crippen LogP contribution in [0.2, 0.25) is 0 Å². The number of rotatable bonds is 4. The van der Waals surface area contributed by atoms with E-state index >= 15 is 0 Å². The normalized spacial score (nSPS) is 31.8. The maximum atomic E-state index is 11.3. The summed E-state index contributed by atoms with van der Waals surface area (Å²) < 4.78 is 6.26. The molecule has 0 N–H and O–H groups in total. The second kappa shape index (κ2) is 5.21. The highest BCUT2D eigenvalue weighted by Crippen LogP contribution is 2.47. The van der Waals surface area contributed by atoms with Crippen molar-refractivity contribution in [2.45, 2.75) is 38.3 Å². The standard InChI is InChI=1S/C17H23NO2/c1-11(19)12-6-8-15(9-7-12)20-17-14-5-4-13(10-14)16(17)18(2)3/h6-9,13-14,16-17H,4-5,10H2,1-3H3. The van der Waals surface area contributed by atoms with Crippen molar-refractivity contribution in [1.29, 1.82) is 0 Å². The second-order valence-electron chi connectivity index (χ2n) is 6.45. The van der Waals surface area contributed by atoms with Gasteiger partial charge in [0.1, 0.15) is 11.9 Å². The summed E-state index contributed by atoms with van der Waals surface area (Å²) >= 11 is 0. The van der Waals surface area contributed by atoms with Gasteiger partial charge in [0.05, 0.1) is 0 Å². The summed E-state index contributed by atoms with van der Waals surface area (Å²) in [6.45, 7) is 1.59. The molecule has 4 unspecified atom stereocenters. The number of likely N-dealkylation sites (N-methyl/N-ethyl adjacent to an activating group) is 1. The van der Waals surface area contributed by atoms with Gasteiger partial charge in [-0.25, -0.2) is 0 Å². The van der Waals surface area contributed by atoms with Crippen molar-refractivity contribution in [3.63, 3.8) is 0 Å². The molecule has 2 bridgehead atoms. The van der Waals surface area contributed by atoms with E-state index in [0.717, 1.165) is 17.2 Å². The number of hydrogen-bond acceptors (Lipinski definition) is 3. The van der Waals surface area contributed by atoms with Crippen molar-refractivity contribution in [3.8, 4) is 5.75 Å². The molecule has 0 saturated heterocycles. The van der Waals surface area contributed by atoms with Crippen molar-refractivity contribution in [3.05, 3.63) is 29.8 Å².